The van der Waals surface area contributed by atoms with Crippen molar-refractivity contribution in [1.29, 1.82) is 0 Å². The first kappa shape index (κ1) is 7.46. The predicted molar refractivity (Wildman–Crippen MR) is 23.2 cm³/mol. The zero-order valence-electron chi connectivity index (χ0n) is 3.46. The van der Waals surface area contributed by atoms with Crippen LogP contribution in [0.2, 0.25) is 0 Å². The maximum atomic E-state index is 5.09. The number of hydrogen-bond acceptors (Lipinski definition) is 4. The minimum Gasteiger partial charge on any atom is -0.451 e. The first-order valence-electron chi connectivity index (χ1n) is 1.35. The van der Waals surface area contributed by atoms with Gasteiger partial charge in [-0.05, 0) is 6.33 Å². The van der Waals surface area contributed by atoms with Crippen LogP contribution in [0, 0.1) is 6.33 Å². The normalized spacial score (nSPS) is 7.43. The van der Waals surface area contributed by atoms with E-state index in [9.17, 15) is 0 Å². The molecule has 2 N–H and O–H groups in total. The van der Waals surface area contributed by atoms with Gasteiger partial charge in [0.2, 0.25) is 0 Å². The van der Waals surface area contributed by atoms with Gasteiger partial charge >= 0.3 is 0 Å². The van der Waals surface area contributed by atoms with E-state index in [0.717, 1.165) is 11.5 Å². The Hall–Kier alpha value is 0.464. The summed E-state index contributed by atoms with van der Waals surface area (Å²) in [5.41, 5.74) is 5.09. The fourth-order valence-corrected chi connectivity index (χ4v) is 0.414. The second-order valence-corrected chi connectivity index (χ2v) is 1.52. The monoisotopic (exact) mass is 189 g/mol. The van der Waals surface area contributed by atoms with Gasteiger partial charge in [-0.15, -0.1) is 11.5 Å². The number of rotatable bonds is 0. The summed E-state index contributed by atoms with van der Waals surface area (Å²) in [7, 11) is 0. The summed E-state index contributed by atoms with van der Waals surface area (Å²) in [5, 5.41) is 0.468. The van der Waals surface area contributed by atoms with Crippen LogP contribution >= 0.6 is 11.5 Å². The Kier molecular flexibility index (Phi) is 3.69. The van der Waals surface area contributed by atoms with Crippen molar-refractivity contribution < 1.29 is 32.7 Å². The Labute approximate surface area is 70.4 Å². The third kappa shape index (κ3) is 2.31. The van der Waals surface area contributed by atoms with E-state index in [1.165, 1.54) is 0 Å². The van der Waals surface area contributed by atoms with Gasteiger partial charge in [-0.3, -0.25) is 0 Å². The van der Waals surface area contributed by atoms with Crippen LogP contribution in [0.15, 0.2) is 0 Å². The van der Waals surface area contributed by atoms with E-state index in [1.807, 2.05) is 0 Å². The molecule has 0 bridgehead atoms. The summed E-state index contributed by atoms with van der Waals surface area (Å²) >= 11 is 1.14. The van der Waals surface area contributed by atoms with E-state index in [1.54, 1.807) is 0 Å². The number of nitrogens with zero attached hydrogens (tertiary/aromatic N) is 2. The second-order valence-electron chi connectivity index (χ2n) is 0.733. The molecule has 0 aromatic carbocycles. The molecule has 0 aliphatic rings. The van der Waals surface area contributed by atoms with Gasteiger partial charge < -0.3 is 15.1 Å². The summed E-state index contributed by atoms with van der Waals surface area (Å²) in [4.78, 5) is 3.48. The van der Waals surface area contributed by atoms with Crippen molar-refractivity contribution >= 4 is 16.7 Å². The van der Waals surface area contributed by atoms with Crippen molar-refractivity contribution in [3.63, 3.8) is 0 Å². The number of anilines is 1. The molecular formula is C2H2N3SY-. The molecule has 0 aliphatic carbocycles. The first-order valence-corrected chi connectivity index (χ1v) is 2.12. The maximum absolute atomic E-state index is 5.09. The van der Waals surface area contributed by atoms with Gasteiger partial charge in [-0.1, -0.05) is 0 Å². The summed E-state index contributed by atoms with van der Waals surface area (Å²) in [6.45, 7) is 0. The summed E-state index contributed by atoms with van der Waals surface area (Å²) < 4.78 is 3.50. The van der Waals surface area contributed by atoms with Crippen LogP contribution in [-0.2, 0) is 32.7 Å². The predicted octanol–water partition coefficient (Wildman–Crippen LogP) is -0.0820. The van der Waals surface area contributed by atoms with Crippen molar-refractivity contribution in [3.8, 4) is 0 Å². The van der Waals surface area contributed by atoms with Crippen molar-refractivity contribution in [2.75, 3.05) is 5.73 Å². The molecule has 5 heteroatoms. The fraction of sp³-hybridized carbons (Fsp3) is 0. The van der Waals surface area contributed by atoms with Gasteiger partial charge in [0, 0.05) is 37.8 Å². The molecule has 0 aliphatic heterocycles. The molecule has 1 heterocycles. The zero-order chi connectivity index (χ0) is 4.41. The number of nitrogens with two attached hydrogens (primary N) is 1. The molecular weight excluding hydrogens is 187 g/mol. The Morgan fingerprint density at radius 2 is 2.43 bits per heavy atom. The molecule has 1 aromatic rings. The van der Waals surface area contributed by atoms with Crippen LogP contribution in [0.3, 0.4) is 0 Å². The van der Waals surface area contributed by atoms with Crippen molar-refractivity contribution in [3.05, 3.63) is 6.33 Å². The van der Waals surface area contributed by atoms with Gasteiger partial charge in [-0.25, -0.2) is 0 Å². The maximum Gasteiger partial charge on any atom is 0.0405 e. The quantitative estimate of drug-likeness (QED) is 0.580. The molecule has 35 valence electrons. The van der Waals surface area contributed by atoms with Crippen molar-refractivity contribution in [1.82, 2.24) is 9.36 Å². The van der Waals surface area contributed by atoms with E-state index in [-0.39, 0.29) is 32.7 Å². The first-order chi connectivity index (χ1) is 2.89. The molecule has 0 fully saturated rings. The number of hydrogen-bond donors (Lipinski definition) is 1. The SMILES string of the molecule is Nc1n[c-]ns1.[Y]. The summed E-state index contributed by atoms with van der Waals surface area (Å²) in [6.07, 6.45) is 2.32. The molecule has 0 atom stereocenters. The van der Waals surface area contributed by atoms with E-state index in [4.69, 9.17) is 5.73 Å². The van der Waals surface area contributed by atoms with Crippen LogP contribution < -0.4 is 5.73 Å². The Balaban J connectivity index is 0.000000360. The minimum absolute atomic E-state index is 0. The molecule has 1 rings (SSSR count). The Morgan fingerprint density at radius 1 is 1.71 bits per heavy atom. The Bertz CT molecular complexity index is 116. The molecule has 1 radical (unpaired) electrons. The van der Waals surface area contributed by atoms with Crippen molar-refractivity contribution in [2.45, 2.75) is 0 Å². The molecule has 7 heavy (non-hydrogen) atoms. The smallest absolute Gasteiger partial charge is 0.0405 e. The molecule has 0 saturated carbocycles. The van der Waals surface area contributed by atoms with Gasteiger partial charge in [0.1, 0.15) is 0 Å². The van der Waals surface area contributed by atoms with E-state index < -0.39 is 0 Å². The van der Waals surface area contributed by atoms with Gasteiger partial charge in [0.05, 0.1) is 0 Å². The topological polar surface area (TPSA) is 51.8 Å². The average Bonchev–Trinajstić information content (AvgIpc) is 1.86. The molecule has 0 saturated heterocycles. The minimum atomic E-state index is 0. The summed E-state index contributed by atoms with van der Waals surface area (Å²) in [6, 6.07) is 0. The largest absolute Gasteiger partial charge is 0.451 e. The second kappa shape index (κ2) is 3.46. The van der Waals surface area contributed by atoms with Crippen LogP contribution in [0.5, 0.6) is 0 Å². The third-order valence-corrected chi connectivity index (χ3v) is 0.791. The van der Waals surface area contributed by atoms with Crippen LogP contribution in [-0.4, -0.2) is 9.36 Å². The Morgan fingerprint density at radius 3 is 2.57 bits per heavy atom. The average molecular weight is 189 g/mol. The van der Waals surface area contributed by atoms with Crippen molar-refractivity contribution in [2.24, 2.45) is 0 Å². The van der Waals surface area contributed by atoms with E-state index in [0.29, 0.717) is 5.13 Å². The summed E-state index contributed by atoms with van der Waals surface area (Å²) in [5.74, 6) is 0. The van der Waals surface area contributed by atoms with Gasteiger partial charge in [0.15, 0.2) is 0 Å². The fourth-order valence-electron chi connectivity index (χ4n) is 0.157. The number of nitrogen functional groups attached to an aromatic ring is 1. The molecule has 1 aromatic heterocycles. The zero-order valence-corrected chi connectivity index (χ0v) is 7.11. The molecule has 0 unspecified atom stereocenters. The third-order valence-electron chi connectivity index (χ3n) is 0.340. The molecule has 3 nitrogen and oxygen atoms in total. The number of aromatic nitrogens is 2. The van der Waals surface area contributed by atoms with Crippen LogP contribution in [0.1, 0.15) is 0 Å². The standard InChI is InChI=1S/C2H2N3S.Y/c3-2-4-1-5-6-2;/h(H2,3,4,5);/q-1;. The van der Waals surface area contributed by atoms with Crippen LogP contribution in [0.25, 0.3) is 0 Å². The van der Waals surface area contributed by atoms with E-state index >= 15 is 0 Å². The molecule has 0 amide bonds. The van der Waals surface area contributed by atoms with Gasteiger partial charge in [-0.2, -0.15) is 0 Å². The van der Waals surface area contributed by atoms with Gasteiger partial charge in [0.25, 0.3) is 0 Å². The van der Waals surface area contributed by atoms with Crippen LogP contribution in [0.4, 0.5) is 5.13 Å². The molecule has 0 spiro atoms. The van der Waals surface area contributed by atoms with E-state index in [2.05, 4.69) is 15.7 Å².